The Hall–Kier alpha value is -1.10. The Kier molecular flexibility index (Phi) is 24.9. The average molecular weight is 635 g/mol. The first-order chi connectivity index (χ1) is 22.2. The number of hydrogen-bond acceptors (Lipinski definition) is 5. The van der Waals surface area contributed by atoms with E-state index in [-0.39, 0.29) is 24.1 Å². The Bertz CT molecular complexity index is 651. The van der Waals surface area contributed by atoms with Crippen molar-refractivity contribution < 1.29 is 23.8 Å². The van der Waals surface area contributed by atoms with Crippen LogP contribution >= 0.6 is 0 Å². The molecule has 1 aliphatic heterocycles. The van der Waals surface area contributed by atoms with Crippen molar-refractivity contribution in [1.82, 2.24) is 0 Å². The third-order valence-corrected chi connectivity index (χ3v) is 10.2. The van der Waals surface area contributed by atoms with Gasteiger partial charge in [0.2, 0.25) is 0 Å². The first-order valence-corrected chi connectivity index (χ1v) is 20.2. The molecule has 45 heavy (non-hydrogen) atoms. The van der Waals surface area contributed by atoms with Gasteiger partial charge in [0.05, 0.1) is 37.3 Å². The lowest BCUT2D eigenvalue weighted by Crippen LogP contribution is -2.37. The quantitative estimate of drug-likeness (QED) is 0.0418. The molecule has 4 atom stereocenters. The molecular weight excluding hydrogens is 560 g/mol. The van der Waals surface area contributed by atoms with Crippen LogP contribution in [0.5, 0.6) is 0 Å². The molecular formula is C40H74O5. The number of rotatable bonds is 32. The molecule has 4 unspecified atom stereocenters. The van der Waals surface area contributed by atoms with Crippen LogP contribution in [-0.4, -0.2) is 37.4 Å². The Labute approximate surface area is 279 Å². The lowest BCUT2D eigenvalue weighted by molar-refractivity contribution is -0.162. The van der Waals surface area contributed by atoms with Gasteiger partial charge in [0.15, 0.2) is 0 Å². The monoisotopic (exact) mass is 635 g/mol. The molecule has 5 nitrogen and oxygen atoms in total. The van der Waals surface area contributed by atoms with E-state index in [0.717, 1.165) is 25.7 Å². The van der Waals surface area contributed by atoms with Gasteiger partial charge < -0.3 is 14.2 Å². The first kappa shape index (κ1) is 40.1. The molecule has 0 amide bonds. The van der Waals surface area contributed by atoms with E-state index in [0.29, 0.717) is 26.1 Å². The van der Waals surface area contributed by atoms with Gasteiger partial charge in [0.1, 0.15) is 0 Å². The van der Waals surface area contributed by atoms with E-state index in [1.54, 1.807) is 0 Å². The summed E-state index contributed by atoms with van der Waals surface area (Å²) in [4.78, 5) is 25.9. The van der Waals surface area contributed by atoms with E-state index in [2.05, 4.69) is 13.8 Å². The van der Waals surface area contributed by atoms with Crippen LogP contribution in [-0.2, 0) is 23.8 Å². The summed E-state index contributed by atoms with van der Waals surface area (Å²) in [5, 5.41) is 0. The fraction of sp³-hybridized carbons (Fsp3) is 0.950. The normalized spacial score (nSPS) is 20.6. The number of epoxide rings is 1. The first-order valence-electron chi connectivity index (χ1n) is 20.2. The minimum absolute atomic E-state index is 0.124. The number of unbranched alkanes of at least 4 members (excludes halogenated alkanes) is 26. The van der Waals surface area contributed by atoms with Gasteiger partial charge in [-0.2, -0.15) is 0 Å². The average Bonchev–Trinajstić information content (AvgIpc) is 3.82. The molecule has 2 fully saturated rings. The van der Waals surface area contributed by atoms with Gasteiger partial charge in [-0.15, -0.1) is 0 Å². The predicted octanol–water partition coefficient (Wildman–Crippen LogP) is 11.8. The second kappa shape index (κ2) is 28.0. The third-order valence-electron chi connectivity index (χ3n) is 10.2. The molecule has 1 aliphatic carbocycles. The summed E-state index contributed by atoms with van der Waals surface area (Å²) < 4.78 is 17.0. The molecule has 0 bridgehead atoms. The van der Waals surface area contributed by atoms with Crippen LogP contribution in [0.4, 0.5) is 0 Å². The Morgan fingerprint density at radius 3 is 0.933 bits per heavy atom. The van der Waals surface area contributed by atoms with Gasteiger partial charge in [-0.3, -0.25) is 9.59 Å². The van der Waals surface area contributed by atoms with Crippen molar-refractivity contribution in [1.29, 1.82) is 0 Å². The van der Waals surface area contributed by atoms with Crippen molar-refractivity contribution in [2.75, 3.05) is 13.2 Å². The van der Waals surface area contributed by atoms with E-state index in [4.69, 9.17) is 14.2 Å². The van der Waals surface area contributed by atoms with Crippen molar-refractivity contribution in [3.63, 3.8) is 0 Å². The zero-order valence-electron chi connectivity index (χ0n) is 30.0. The van der Waals surface area contributed by atoms with E-state index in [1.807, 2.05) is 0 Å². The maximum absolute atomic E-state index is 12.9. The lowest BCUT2D eigenvalue weighted by atomic mass is 9.79. The highest BCUT2D eigenvalue weighted by atomic mass is 16.6. The second-order valence-corrected chi connectivity index (χ2v) is 14.4. The van der Waals surface area contributed by atoms with Gasteiger partial charge in [0, 0.05) is 0 Å². The second-order valence-electron chi connectivity index (χ2n) is 14.4. The van der Waals surface area contributed by atoms with Crippen molar-refractivity contribution in [2.45, 2.75) is 219 Å². The molecule has 0 spiro atoms. The highest BCUT2D eigenvalue weighted by molar-refractivity contribution is 5.82. The summed E-state index contributed by atoms with van der Waals surface area (Å²) in [5.74, 6) is -1.28. The van der Waals surface area contributed by atoms with Crippen molar-refractivity contribution in [3.8, 4) is 0 Å². The van der Waals surface area contributed by atoms with Crippen molar-refractivity contribution >= 4 is 11.9 Å². The van der Waals surface area contributed by atoms with Gasteiger partial charge in [-0.05, 0) is 25.7 Å². The highest BCUT2D eigenvalue weighted by Crippen LogP contribution is 2.44. The molecule has 5 heteroatoms. The predicted molar refractivity (Wildman–Crippen MR) is 187 cm³/mol. The van der Waals surface area contributed by atoms with Crippen LogP contribution in [0.1, 0.15) is 206 Å². The standard InChI is InChI=1S/C40H74O5/c1-3-5-7-9-11-13-15-17-19-21-23-25-27-29-31-43-39(41)35-33-37-38(45-37)34-36(35)40(42)44-32-30-28-26-24-22-20-18-16-14-12-10-8-6-4-2/h35-38H,3-34H2,1-2H3. The van der Waals surface area contributed by atoms with Crippen molar-refractivity contribution in [2.24, 2.45) is 11.8 Å². The number of carbonyl (C=O) groups excluding carboxylic acids is 2. The van der Waals surface area contributed by atoms with Gasteiger partial charge in [0.25, 0.3) is 0 Å². The molecule has 2 rings (SSSR count). The molecule has 0 radical (unpaired) electrons. The van der Waals surface area contributed by atoms with Gasteiger partial charge in [-0.25, -0.2) is 0 Å². The smallest absolute Gasteiger partial charge is 0.309 e. The van der Waals surface area contributed by atoms with Crippen LogP contribution in [0.2, 0.25) is 0 Å². The van der Waals surface area contributed by atoms with Gasteiger partial charge >= 0.3 is 11.9 Å². The largest absolute Gasteiger partial charge is 0.465 e. The number of ether oxygens (including phenoxy) is 3. The van der Waals surface area contributed by atoms with E-state index in [9.17, 15) is 9.59 Å². The third kappa shape index (κ3) is 20.7. The van der Waals surface area contributed by atoms with Crippen LogP contribution < -0.4 is 0 Å². The number of esters is 2. The summed E-state index contributed by atoms with van der Waals surface area (Å²) in [7, 11) is 0. The fourth-order valence-corrected chi connectivity index (χ4v) is 7.10. The van der Waals surface area contributed by atoms with E-state index in [1.165, 1.54) is 154 Å². The summed E-state index contributed by atoms with van der Waals surface area (Å²) >= 11 is 0. The van der Waals surface area contributed by atoms with Crippen molar-refractivity contribution in [3.05, 3.63) is 0 Å². The molecule has 0 aromatic rings. The van der Waals surface area contributed by atoms with Crippen LogP contribution in [0.15, 0.2) is 0 Å². The SMILES string of the molecule is CCCCCCCCCCCCCCCCOC(=O)C1CC2OC2CC1C(=O)OCCCCCCCCCCCCCCCC. The lowest BCUT2D eigenvalue weighted by Gasteiger charge is -2.26. The summed E-state index contributed by atoms with van der Waals surface area (Å²) in [6, 6.07) is 0. The number of hydrogen-bond donors (Lipinski definition) is 0. The molecule has 264 valence electrons. The zero-order valence-corrected chi connectivity index (χ0v) is 30.0. The summed E-state index contributed by atoms with van der Waals surface area (Å²) in [6.07, 6.45) is 38.1. The molecule has 1 heterocycles. The van der Waals surface area contributed by atoms with E-state index >= 15 is 0 Å². The molecule has 1 saturated carbocycles. The molecule has 1 saturated heterocycles. The molecule has 2 aliphatic rings. The van der Waals surface area contributed by atoms with Crippen LogP contribution in [0.3, 0.4) is 0 Å². The maximum atomic E-state index is 12.9. The molecule has 0 aromatic carbocycles. The fourth-order valence-electron chi connectivity index (χ4n) is 7.10. The Morgan fingerprint density at radius 1 is 0.422 bits per heavy atom. The molecule has 0 N–H and O–H groups in total. The number of fused-ring (bicyclic) bond motifs is 1. The Balaban J connectivity index is 1.42. The van der Waals surface area contributed by atoms with Gasteiger partial charge in [-0.1, -0.05) is 181 Å². The molecule has 0 aromatic heterocycles. The minimum atomic E-state index is -0.413. The van der Waals surface area contributed by atoms with E-state index < -0.39 is 11.8 Å². The summed E-state index contributed by atoms with van der Waals surface area (Å²) in [6.45, 7) is 5.48. The van der Waals surface area contributed by atoms with Crippen LogP contribution in [0.25, 0.3) is 0 Å². The highest BCUT2D eigenvalue weighted by Gasteiger charge is 2.53. The Morgan fingerprint density at radius 2 is 0.667 bits per heavy atom. The zero-order chi connectivity index (χ0) is 32.2. The number of carbonyl (C=O) groups is 2. The summed E-state index contributed by atoms with van der Waals surface area (Å²) in [5.41, 5.74) is 0. The van der Waals surface area contributed by atoms with Crippen LogP contribution in [0, 0.1) is 11.8 Å². The maximum Gasteiger partial charge on any atom is 0.309 e. The topological polar surface area (TPSA) is 65.1 Å². The minimum Gasteiger partial charge on any atom is -0.465 e.